The van der Waals surface area contributed by atoms with E-state index in [9.17, 15) is 4.39 Å². The Hall–Kier alpha value is -1.88. The molecule has 88 valence electrons. The Morgan fingerprint density at radius 3 is 2.82 bits per heavy atom. The number of benzene rings is 1. The maximum absolute atomic E-state index is 12.8. The molecule has 1 aromatic carbocycles. The molecule has 17 heavy (non-hydrogen) atoms. The zero-order valence-electron chi connectivity index (χ0n) is 8.73. The van der Waals surface area contributed by atoms with E-state index in [0.29, 0.717) is 5.02 Å². The summed E-state index contributed by atoms with van der Waals surface area (Å²) in [7, 11) is 0. The predicted octanol–water partition coefficient (Wildman–Crippen LogP) is 2.43. The van der Waals surface area contributed by atoms with Gasteiger partial charge in [-0.25, -0.2) is 9.37 Å². The normalized spacial score (nSPS) is 10.2. The number of nitrogens with two attached hydrogens (primary N) is 1. The van der Waals surface area contributed by atoms with Crippen molar-refractivity contribution in [3.05, 3.63) is 46.9 Å². The quantitative estimate of drug-likeness (QED) is 0.913. The fourth-order valence-corrected chi connectivity index (χ4v) is 1.38. The maximum Gasteiger partial charge on any atom is 0.318 e. The van der Waals surface area contributed by atoms with Crippen molar-refractivity contribution < 1.29 is 9.13 Å². The topological polar surface area (TPSA) is 61.0 Å². The third-order valence-electron chi connectivity index (χ3n) is 2.06. The van der Waals surface area contributed by atoms with E-state index in [4.69, 9.17) is 22.1 Å². The van der Waals surface area contributed by atoms with E-state index in [1.54, 1.807) is 6.07 Å². The number of hydrogen-bond donors (Lipinski definition) is 1. The van der Waals surface area contributed by atoms with Crippen LogP contribution in [0, 0.1) is 5.82 Å². The van der Waals surface area contributed by atoms with E-state index >= 15 is 0 Å². The Labute approximate surface area is 102 Å². The van der Waals surface area contributed by atoms with E-state index in [-0.39, 0.29) is 18.4 Å². The van der Waals surface area contributed by atoms with E-state index in [1.807, 2.05) is 18.2 Å². The van der Waals surface area contributed by atoms with Gasteiger partial charge >= 0.3 is 6.01 Å². The van der Waals surface area contributed by atoms with Gasteiger partial charge in [0, 0.05) is 10.6 Å². The Kier molecular flexibility index (Phi) is 3.39. The molecule has 0 aliphatic heterocycles. The van der Waals surface area contributed by atoms with Crippen molar-refractivity contribution in [3.63, 3.8) is 0 Å². The maximum atomic E-state index is 12.8. The lowest BCUT2D eigenvalue weighted by atomic mass is 10.2. The molecule has 4 nitrogen and oxygen atoms in total. The predicted molar refractivity (Wildman–Crippen MR) is 62.2 cm³/mol. The molecule has 1 heterocycles. The van der Waals surface area contributed by atoms with Gasteiger partial charge in [-0.15, -0.1) is 0 Å². The molecule has 0 bridgehead atoms. The summed E-state index contributed by atoms with van der Waals surface area (Å²) in [4.78, 5) is 7.30. The molecular formula is C11H9ClFN3O. The Morgan fingerprint density at radius 1 is 1.35 bits per heavy atom. The molecule has 1 aromatic heterocycles. The average Bonchev–Trinajstić information content (AvgIpc) is 2.32. The van der Waals surface area contributed by atoms with Crippen LogP contribution < -0.4 is 10.5 Å². The van der Waals surface area contributed by atoms with Gasteiger partial charge in [0.05, 0.1) is 6.20 Å². The highest BCUT2D eigenvalue weighted by atomic mass is 35.5. The highest BCUT2D eigenvalue weighted by molar-refractivity contribution is 6.31. The highest BCUT2D eigenvalue weighted by Crippen LogP contribution is 2.17. The molecular weight excluding hydrogens is 245 g/mol. The first-order valence-electron chi connectivity index (χ1n) is 4.81. The Bertz CT molecular complexity index is 536. The van der Waals surface area contributed by atoms with Gasteiger partial charge in [0.1, 0.15) is 6.61 Å². The summed E-state index contributed by atoms with van der Waals surface area (Å²) in [5, 5.41) is 0.586. The number of nitrogens with zero attached hydrogens (tertiary/aromatic N) is 2. The molecule has 0 saturated carbocycles. The van der Waals surface area contributed by atoms with E-state index in [1.165, 1.54) is 0 Å². The van der Waals surface area contributed by atoms with Gasteiger partial charge in [-0.05, 0) is 6.07 Å². The lowest BCUT2D eigenvalue weighted by molar-refractivity contribution is 0.280. The first-order chi connectivity index (χ1) is 8.16. The van der Waals surface area contributed by atoms with Gasteiger partial charge in [-0.3, -0.25) is 0 Å². The van der Waals surface area contributed by atoms with Crippen LogP contribution in [0.3, 0.4) is 0 Å². The van der Waals surface area contributed by atoms with E-state index in [0.717, 1.165) is 11.8 Å². The van der Waals surface area contributed by atoms with Crippen LogP contribution in [0.25, 0.3) is 0 Å². The lowest BCUT2D eigenvalue weighted by Crippen LogP contribution is -2.03. The molecule has 0 aliphatic carbocycles. The number of hydrogen-bond acceptors (Lipinski definition) is 4. The zero-order valence-corrected chi connectivity index (χ0v) is 9.49. The van der Waals surface area contributed by atoms with Crippen LogP contribution in [0.5, 0.6) is 6.01 Å². The van der Waals surface area contributed by atoms with Crippen molar-refractivity contribution >= 4 is 17.4 Å². The van der Waals surface area contributed by atoms with E-state index in [2.05, 4.69) is 9.97 Å². The van der Waals surface area contributed by atoms with Crippen LogP contribution >= 0.6 is 11.6 Å². The summed E-state index contributed by atoms with van der Waals surface area (Å²) in [6.45, 7) is 0.199. The first-order valence-corrected chi connectivity index (χ1v) is 5.19. The number of halogens is 2. The standard InChI is InChI=1S/C11H9ClFN3O/c12-8-4-2-1-3-7(8)6-17-11-15-5-9(13)10(14)16-11/h1-5H,6H2,(H2,14,15,16). The second kappa shape index (κ2) is 4.97. The van der Waals surface area contributed by atoms with Gasteiger partial charge in [-0.1, -0.05) is 29.8 Å². The van der Waals surface area contributed by atoms with Crippen LogP contribution in [0.1, 0.15) is 5.56 Å². The van der Waals surface area contributed by atoms with Crippen molar-refractivity contribution in [1.82, 2.24) is 9.97 Å². The van der Waals surface area contributed by atoms with Crippen molar-refractivity contribution in [2.24, 2.45) is 0 Å². The summed E-state index contributed by atoms with van der Waals surface area (Å²) in [6.07, 6.45) is 0.963. The SMILES string of the molecule is Nc1nc(OCc2ccccc2Cl)ncc1F. The number of aromatic nitrogens is 2. The van der Waals surface area contributed by atoms with Crippen LogP contribution in [0.2, 0.25) is 5.02 Å². The van der Waals surface area contributed by atoms with Gasteiger partial charge in [0.25, 0.3) is 0 Å². The van der Waals surface area contributed by atoms with Crippen LogP contribution in [0.4, 0.5) is 10.2 Å². The summed E-state index contributed by atoms with van der Waals surface area (Å²) >= 11 is 5.94. The fourth-order valence-electron chi connectivity index (χ4n) is 1.19. The Balaban J connectivity index is 2.08. The van der Waals surface area contributed by atoms with Gasteiger partial charge in [-0.2, -0.15) is 4.98 Å². The monoisotopic (exact) mass is 253 g/mol. The first kappa shape index (κ1) is 11.6. The fraction of sp³-hybridized carbons (Fsp3) is 0.0909. The minimum absolute atomic E-state index is 0.0174. The molecule has 0 saturated heterocycles. The van der Waals surface area contributed by atoms with Crippen molar-refractivity contribution in [2.45, 2.75) is 6.61 Å². The molecule has 0 atom stereocenters. The van der Waals surface area contributed by atoms with Gasteiger partial charge < -0.3 is 10.5 Å². The molecule has 2 rings (SSSR count). The van der Waals surface area contributed by atoms with Gasteiger partial charge in [0.15, 0.2) is 11.6 Å². The Morgan fingerprint density at radius 2 is 2.12 bits per heavy atom. The third-order valence-corrected chi connectivity index (χ3v) is 2.43. The zero-order chi connectivity index (χ0) is 12.3. The minimum atomic E-state index is -0.671. The lowest BCUT2D eigenvalue weighted by Gasteiger charge is -2.06. The largest absolute Gasteiger partial charge is 0.458 e. The molecule has 0 amide bonds. The molecule has 2 N–H and O–H groups in total. The van der Waals surface area contributed by atoms with Crippen molar-refractivity contribution in [3.8, 4) is 6.01 Å². The van der Waals surface area contributed by atoms with Crippen molar-refractivity contribution in [1.29, 1.82) is 0 Å². The summed E-state index contributed by atoms with van der Waals surface area (Å²) in [6, 6.07) is 7.24. The van der Waals surface area contributed by atoms with Crippen LogP contribution in [0.15, 0.2) is 30.5 Å². The summed E-state index contributed by atoms with van der Waals surface area (Å²) < 4.78 is 18.1. The van der Waals surface area contributed by atoms with Gasteiger partial charge in [0.2, 0.25) is 0 Å². The van der Waals surface area contributed by atoms with E-state index < -0.39 is 5.82 Å². The smallest absolute Gasteiger partial charge is 0.318 e. The average molecular weight is 254 g/mol. The van der Waals surface area contributed by atoms with Crippen molar-refractivity contribution in [2.75, 3.05) is 5.73 Å². The second-order valence-corrected chi connectivity index (χ2v) is 3.67. The number of ether oxygens (including phenoxy) is 1. The summed E-state index contributed by atoms with van der Waals surface area (Å²) in [5.74, 6) is -0.913. The minimum Gasteiger partial charge on any atom is -0.458 e. The highest BCUT2D eigenvalue weighted by Gasteiger charge is 2.05. The molecule has 0 radical (unpaired) electrons. The molecule has 0 unspecified atom stereocenters. The molecule has 0 fully saturated rings. The second-order valence-electron chi connectivity index (χ2n) is 3.27. The third kappa shape index (κ3) is 2.82. The summed E-state index contributed by atoms with van der Waals surface area (Å²) in [5.41, 5.74) is 6.08. The molecule has 0 aliphatic rings. The van der Waals surface area contributed by atoms with Crippen LogP contribution in [-0.2, 0) is 6.61 Å². The van der Waals surface area contributed by atoms with Crippen LogP contribution in [-0.4, -0.2) is 9.97 Å². The number of nitrogen functional groups attached to an aromatic ring is 1. The number of anilines is 1. The molecule has 2 aromatic rings. The molecule has 0 spiro atoms. The number of rotatable bonds is 3. The molecule has 6 heteroatoms.